The van der Waals surface area contributed by atoms with Crippen molar-refractivity contribution in [3.8, 4) is 5.75 Å². The second kappa shape index (κ2) is 8.13. The molecule has 6 heteroatoms. The average Bonchev–Trinajstić information content (AvgIpc) is 2.59. The smallest absolute Gasteiger partial charge is 0.179 e. The van der Waals surface area contributed by atoms with Crippen LogP contribution in [0.2, 0.25) is 0 Å². The van der Waals surface area contributed by atoms with E-state index in [0.29, 0.717) is 23.6 Å². The normalized spacial score (nSPS) is 21.1. The fraction of sp³-hybridized carbons (Fsp3) is 0.647. The molecule has 0 aliphatic carbocycles. The molecule has 1 fully saturated rings. The molecule has 23 heavy (non-hydrogen) atoms. The molecule has 0 unspecified atom stereocenters. The molecule has 0 saturated carbocycles. The summed E-state index contributed by atoms with van der Waals surface area (Å²) in [6, 6.07) is 6.67. The molecule has 2 rings (SSSR count). The Hall–Kier alpha value is -1.11. The first-order valence-corrected chi connectivity index (χ1v) is 9.92. The summed E-state index contributed by atoms with van der Waals surface area (Å²) in [6.07, 6.45) is 3.42. The van der Waals surface area contributed by atoms with Gasteiger partial charge in [0, 0.05) is 12.6 Å². The van der Waals surface area contributed by atoms with Crippen LogP contribution in [-0.2, 0) is 9.84 Å². The van der Waals surface area contributed by atoms with Crippen LogP contribution in [0.4, 0.5) is 0 Å². The zero-order valence-electron chi connectivity index (χ0n) is 13.9. The Kier molecular flexibility index (Phi) is 6.44. The van der Waals surface area contributed by atoms with Crippen LogP contribution in [-0.4, -0.2) is 56.5 Å². The lowest BCUT2D eigenvalue weighted by molar-refractivity contribution is 0.0275. The van der Waals surface area contributed by atoms with Gasteiger partial charge in [0.1, 0.15) is 5.75 Å². The van der Waals surface area contributed by atoms with Gasteiger partial charge < -0.3 is 9.84 Å². The number of aliphatic hydroxyl groups excluding tert-OH is 1. The molecular weight excluding hydrogens is 314 g/mol. The minimum atomic E-state index is -3.35. The van der Waals surface area contributed by atoms with Crippen LogP contribution in [0.25, 0.3) is 0 Å². The minimum absolute atomic E-state index is 0.0626. The van der Waals surface area contributed by atoms with E-state index in [0.717, 1.165) is 25.8 Å². The summed E-state index contributed by atoms with van der Waals surface area (Å²) in [7, 11) is -1.83. The topological polar surface area (TPSA) is 66.8 Å². The number of hydrogen-bond donors (Lipinski definition) is 1. The van der Waals surface area contributed by atoms with E-state index >= 15 is 0 Å². The molecular formula is C17H27NO4S. The van der Waals surface area contributed by atoms with E-state index < -0.39 is 9.84 Å². The molecule has 0 bridgehead atoms. The highest BCUT2D eigenvalue weighted by atomic mass is 32.2. The number of methoxy groups -OCH3 is 1. The maximum absolute atomic E-state index is 12.5. The zero-order valence-corrected chi connectivity index (χ0v) is 14.8. The van der Waals surface area contributed by atoms with Crippen LogP contribution in [0.15, 0.2) is 29.2 Å². The predicted molar refractivity (Wildman–Crippen MR) is 90.6 cm³/mol. The average molecular weight is 341 g/mol. The number of aliphatic hydroxyl groups is 1. The largest absolute Gasteiger partial charge is 0.497 e. The van der Waals surface area contributed by atoms with Crippen molar-refractivity contribution < 1.29 is 18.3 Å². The van der Waals surface area contributed by atoms with E-state index in [1.165, 1.54) is 7.11 Å². The maximum atomic E-state index is 12.5. The van der Waals surface area contributed by atoms with Gasteiger partial charge in [0.25, 0.3) is 0 Å². The second-order valence-corrected chi connectivity index (χ2v) is 8.18. The molecule has 1 aliphatic heterocycles. The van der Waals surface area contributed by atoms with Gasteiger partial charge in [-0.05, 0) is 44.0 Å². The van der Waals surface area contributed by atoms with Gasteiger partial charge >= 0.3 is 0 Å². The van der Waals surface area contributed by atoms with Crippen molar-refractivity contribution in [3.05, 3.63) is 24.3 Å². The molecule has 1 N–H and O–H groups in total. The fourth-order valence-corrected chi connectivity index (χ4v) is 4.44. The Balaban J connectivity index is 2.05. The van der Waals surface area contributed by atoms with Gasteiger partial charge in [-0.15, -0.1) is 0 Å². The molecule has 1 heterocycles. The number of nitrogens with zero attached hydrogens (tertiary/aromatic N) is 1. The molecule has 0 spiro atoms. The molecule has 1 aliphatic rings. The summed E-state index contributed by atoms with van der Waals surface area (Å²) in [5.41, 5.74) is 0. The van der Waals surface area contributed by atoms with Crippen LogP contribution < -0.4 is 4.74 Å². The number of benzene rings is 1. The SMILES string of the molecule is CC[C@@H](O)[C@H]1CCCCN1CCS(=O)(=O)c1cccc(OC)c1. The van der Waals surface area contributed by atoms with Crippen LogP contribution in [0.3, 0.4) is 0 Å². The summed E-state index contributed by atoms with van der Waals surface area (Å²) in [4.78, 5) is 2.43. The summed E-state index contributed by atoms with van der Waals surface area (Å²) < 4.78 is 30.2. The van der Waals surface area contributed by atoms with Crippen molar-refractivity contribution in [2.24, 2.45) is 0 Å². The molecule has 130 valence electrons. The summed E-state index contributed by atoms with van der Waals surface area (Å²) in [6.45, 7) is 3.28. The minimum Gasteiger partial charge on any atom is -0.497 e. The lowest BCUT2D eigenvalue weighted by Crippen LogP contribution is -2.48. The third-order valence-corrected chi connectivity index (χ3v) is 6.27. The Morgan fingerprint density at radius 2 is 2.17 bits per heavy atom. The Bertz CT molecular complexity index is 602. The number of rotatable bonds is 7. The molecule has 2 atom stereocenters. The van der Waals surface area contributed by atoms with Gasteiger partial charge in [-0.3, -0.25) is 4.90 Å². The third-order valence-electron chi connectivity index (χ3n) is 4.57. The van der Waals surface area contributed by atoms with Crippen molar-refractivity contribution in [1.29, 1.82) is 0 Å². The third kappa shape index (κ3) is 4.68. The first kappa shape index (κ1) is 18.2. The molecule has 5 nitrogen and oxygen atoms in total. The zero-order chi connectivity index (χ0) is 16.9. The summed E-state index contributed by atoms with van der Waals surface area (Å²) >= 11 is 0. The van der Waals surface area contributed by atoms with Crippen molar-refractivity contribution >= 4 is 9.84 Å². The first-order valence-electron chi connectivity index (χ1n) is 8.27. The number of piperidine rings is 1. The molecule has 0 amide bonds. The highest BCUT2D eigenvalue weighted by Gasteiger charge is 2.28. The van der Waals surface area contributed by atoms with Gasteiger partial charge in [-0.1, -0.05) is 19.4 Å². The number of sulfone groups is 1. The predicted octanol–water partition coefficient (Wildman–Crippen LogP) is 2.09. The van der Waals surface area contributed by atoms with Crippen molar-refractivity contribution in [2.75, 3.05) is 26.0 Å². The van der Waals surface area contributed by atoms with Gasteiger partial charge in [-0.25, -0.2) is 8.42 Å². The van der Waals surface area contributed by atoms with Crippen molar-refractivity contribution in [1.82, 2.24) is 4.90 Å². The van der Waals surface area contributed by atoms with Gasteiger partial charge in [0.15, 0.2) is 9.84 Å². The highest BCUT2D eigenvalue weighted by Crippen LogP contribution is 2.23. The van der Waals surface area contributed by atoms with Crippen LogP contribution >= 0.6 is 0 Å². The Labute approximate surface area is 139 Å². The first-order chi connectivity index (χ1) is 11.0. The summed E-state index contributed by atoms with van der Waals surface area (Å²) in [5.74, 6) is 0.607. The van der Waals surface area contributed by atoms with E-state index in [1.54, 1.807) is 24.3 Å². The van der Waals surface area contributed by atoms with E-state index in [9.17, 15) is 13.5 Å². The maximum Gasteiger partial charge on any atom is 0.179 e. The van der Waals surface area contributed by atoms with Gasteiger partial charge in [0.05, 0.1) is 23.9 Å². The Morgan fingerprint density at radius 3 is 2.87 bits per heavy atom. The molecule has 1 aromatic carbocycles. The number of ether oxygens (including phenoxy) is 1. The molecule has 1 aromatic rings. The van der Waals surface area contributed by atoms with Crippen LogP contribution in [0.5, 0.6) is 5.75 Å². The highest BCUT2D eigenvalue weighted by molar-refractivity contribution is 7.91. The van der Waals surface area contributed by atoms with Crippen molar-refractivity contribution in [2.45, 2.75) is 49.6 Å². The van der Waals surface area contributed by atoms with E-state index in [1.807, 2.05) is 6.92 Å². The molecule has 1 saturated heterocycles. The quantitative estimate of drug-likeness (QED) is 0.823. The van der Waals surface area contributed by atoms with Gasteiger partial charge in [-0.2, -0.15) is 0 Å². The van der Waals surface area contributed by atoms with Crippen LogP contribution in [0, 0.1) is 0 Å². The standard InChI is InChI=1S/C17H27NO4S/c1-3-17(19)16-9-4-5-10-18(16)11-12-23(20,21)15-8-6-7-14(13-15)22-2/h6-8,13,16-17,19H,3-5,9-12H2,1-2H3/t16-,17-/m1/s1. The molecule has 0 aromatic heterocycles. The Morgan fingerprint density at radius 1 is 1.39 bits per heavy atom. The fourth-order valence-electron chi connectivity index (χ4n) is 3.15. The second-order valence-electron chi connectivity index (χ2n) is 6.07. The van der Waals surface area contributed by atoms with Crippen LogP contribution in [0.1, 0.15) is 32.6 Å². The van der Waals surface area contributed by atoms with E-state index in [2.05, 4.69) is 4.90 Å². The number of hydrogen-bond acceptors (Lipinski definition) is 5. The molecule has 0 radical (unpaired) electrons. The summed E-state index contributed by atoms with van der Waals surface area (Å²) in [5, 5.41) is 10.2. The monoisotopic (exact) mass is 341 g/mol. The van der Waals surface area contributed by atoms with E-state index in [-0.39, 0.29) is 17.9 Å². The number of likely N-dealkylation sites (tertiary alicyclic amines) is 1. The lowest BCUT2D eigenvalue weighted by Gasteiger charge is -2.38. The van der Waals surface area contributed by atoms with E-state index in [4.69, 9.17) is 4.74 Å². The van der Waals surface area contributed by atoms with Crippen molar-refractivity contribution in [3.63, 3.8) is 0 Å². The van der Waals surface area contributed by atoms with Gasteiger partial charge in [0.2, 0.25) is 0 Å². The lowest BCUT2D eigenvalue weighted by atomic mass is 9.96.